The first-order chi connectivity index (χ1) is 8.27. The Balaban J connectivity index is 2.76. The van der Waals surface area contributed by atoms with Crippen LogP contribution in [0.5, 0.6) is 0 Å². The smallest absolute Gasteiger partial charge is 0.0926 e. The van der Waals surface area contributed by atoms with Crippen LogP contribution in [-0.4, -0.2) is 11.7 Å². The van der Waals surface area contributed by atoms with Gasteiger partial charge in [-0.15, -0.1) is 0 Å². The van der Waals surface area contributed by atoms with E-state index in [1.165, 1.54) is 0 Å². The van der Waals surface area contributed by atoms with Gasteiger partial charge < -0.3 is 0 Å². The highest BCUT2D eigenvalue weighted by molar-refractivity contribution is 7.78. The van der Waals surface area contributed by atoms with E-state index in [2.05, 4.69) is 44.2 Å². The zero-order chi connectivity index (χ0) is 12.5. The monoisotopic (exact) mass is 262 g/mol. The first kappa shape index (κ1) is 13.2. The number of halogens is 1. The molecule has 0 saturated carbocycles. The second-order valence-electron chi connectivity index (χ2n) is 2.88. The molecule has 84 valence electrons. The second-order valence-corrected chi connectivity index (χ2v) is 3.47. The molecule has 6 heteroatoms. The molecule has 1 aromatic carbocycles. The van der Waals surface area contributed by atoms with Gasteiger partial charge in [-0.25, -0.2) is 0 Å². The van der Waals surface area contributed by atoms with Crippen LogP contribution in [0.3, 0.4) is 0 Å². The summed E-state index contributed by atoms with van der Waals surface area (Å²) >= 11 is 10.5. The van der Waals surface area contributed by atoms with E-state index < -0.39 is 0 Å². The number of azide groups is 1. The molecule has 0 aliphatic carbocycles. The van der Waals surface area contributed by atoms with Gasteiger partial charge in [0.1, 0.15) is 0 Å². The molecule has 17 heavy (non-hydrogen) atoms. The molecule has 0 spiro atoms. The lowest BCUT2D eigenvalue weighted by molar-refractivity contribution is 1.01. The maximum absolute atomic E-state index is 8.07. The van der Waals surface area contributed by atoms with Gasteiger partial charge in [0.25, 0.3) is 0 Å². The van der Waals surface area contributed by atoms with E-state index in [-0.39, 0.29) is 0 Å². The second kappa shape index (κ2) is 7.45. The van der Waals surface area contributed by atoms with Crippen LogP contribution >= 0.6 is 23.8 Å². The van der Waals surface area contributed by atoms with Gasteiger partial charge in [-0.05, 0) is 35.9 Å². The van der Waals surface area contributed by atoms with Gasteiger partial charge >= 0.3 is 0 Å². The van der Waals surface area contributed by atoms with Crippen molar-refractivity contribution in [3.05, 3.63) is 39.2 Å². The summed E-state index contributed by atoms with van der Waals surface area (Å²) in [6, 6.07) is 5.21. The zero-order valence-electron chi connectivity index (χ0n) is 8.72. The van der Waals surface area contributed by atoms with Crippen LogP contribution in [0.15, 0.2) is 28.3 Å². The highest BCUT2D eigenvalue weighted by Gasteiger charge is 1.98. The molecule has 0 saturated heterocycles. The molecule has 4 nitrogen and oxygen atoms in total. The van der Waals surface area contributed by atoms with E-state index in [0.717, 1.165) is 5.56 Å². The van der Waals surface area contributed by atoms with Crippen LogP contribution in [-0.2, 0) is 0 Å². The Morgan fingerprint density at radius 3 is 2.94 bits per heavy atom. The summed E-state index contributed by atoms with van der Waals surface area (Å²) in [6.07, 6.45) is 0.515. The molecule has 0 fully saturated rings. The average molecular weight is 263 g/mol. The van der Waals surface area contributed by atoms with Crippen molar-refractivity contribution in [3.63, 3.8) is 0 Å². The molecular formula is C11H7ClN4S. The van der Waals surface area contributed by atoms with Crippen LogP contribution in [0, 0.1) is 11.8 Å². The van der Waals surface area contributed by atoms with Crippen LogP contribution in [0.1, 0.15) is 12.0 Å². The lowest BCUT2D eigenvalue weighted by Gasteiger charge is -1.96. The molecular weight excluding hydrogens is 256 g/mol. The molecule has 1 aromatic rings. The Morgan fingerprint density at radius 1 is 1.47 bits per heavy atom. The summed E-state index contributed by atoms with van der Waals surface area (Å²) in [5.41, 5.74) is 9.42. The third-order valence-corrected chi connectivity index (χ3v) is 2.14. The zero-order valence-corrected chi connectivity index (χ0v) is 10.3. The van der Waals surface area contributed by atoms with Crippen molar-refractivity contribution in [2.45, 2.75) is 6.42 Å². The molecule has 0 aromatic heterocycles. The Labute approximate surface area is 109 Å². The van der Waals surface area contributed by atoms with Crippen LogP contribution in [0.25, 0.3) is 10.4 Å². The minimum atomic E-state index is 0.366. The standard InChI is InChI=1S/C11H7ClN4S/c12-10-7-9(3-1-2-6-15-16-13)4-5-11(10)14-8-17/h4-5,7H,2,6H2. The summed E-state index contributed by atoms with van der Waals surface area (Å²) in [6.45, 7) is 0.366. The molecule has 0 heterocycles. The van der Waals surface area contributed by atoms with Crippen molar-refractivity contribution in [1.29, 1.82) is 0 Å². The number of nitrogens with zero attached hydrogens (tertiary/aromatic N) is 4. The van der Waals surface area contributed by atoms with Crippen molar-refractivity contribution in [1.82, 2.24) is 0 Å². The maximum Gasteiger partial charge on any atom is 0.0926 e. The highest BCUT2D eigenvalue weighted by Crippen LogP contribution is 2.24. The first-order valence-electron chi connectivity index (χ1n) is 4.65. The average Bonchev–Trinajstić information content (AvgIpc) is 2.32. The minimum Gasteiger partial charge on any atom is -0.193 e. The van der Waals surface area contributed by atoms with Gasteiger partial charge in [0.15, 0.2) is 0 Å². The summed E-state index contributed by atoms with van der Waals surface area (Å²) in [5, 5.41) is 6.10. The van der Waals surface area contributed by atoms with Crippen molar-refractivity contribution >= 4 is 34.7 Å². The summed E-state index contributed by atoms with van der Waals surface area (Å²) in [4.78, 5) is 6.43. The van der Waals surface area contributed by atoms with Gasteiger partial charge in [-0.1, -0.05) is 28.6 Å². The van der Waals surface area contributed by atoms with E-state index in [0.29, 0.717) is 23.7 Å². The molecule has 0 aliphatic heterocycles. The molecule has 0 amide bonds. The van der Waals surface area contributed by atoms with E-state index in [9.17, 15) is 0 Å². The fraction of sp³-hybridized carbons (Fsp3) is 0.182. The number of rotatable bonds is 3. The topological polar surface area (TPSA) is 61.1 Å². The van der Waals surface area contributed by atoms with Crippen LogP contribution < -0.4 is 0 Å². The third-order valence-electron chi connectivity index (χ3n) is 1.75. The summed E-state index contributed by atoms with van der Waals surface area (Å²) in [7, 11) is 0. The molecule has 0 bridgehead atoms. The Morgan fingerprint density at radius 2 is 2.29 bits per heavy atom. The van der Waals surface area contributed by atoms with Gasteiger partial charge in [0.05, 0.1) is 15.9 Å². The number of aliphatic imine (C=N–C) groups is 1. The van der Waals surface area contributed by atoms with Crippen LogP contribution in [0.4, 0.5) is 5.69 Å². The van der Waals surface area contributed by atoms with Gasteiger partial charge in [-0.3, -0.25) is 0 Å². The van der Waals surface area contributed by atoms with E-state index in [4.69, 9.17) is 17.1 Å². The lowest BCUT2D eigenvalue weighted by Crippen LogP contribution is -1.77. The van der Waals surface area contributed by atoms with E-state index in [1.807, 2.05) is 0 Å². The lowest BCUT2D eigenvalue weighted by atomic mass is 10.2. The highest BCUT2D eigenvalue weighted by atomic mass is 35.5. The maximum atomic E-state index is 8.07. The number of isothiocyanates is 1. The Hall–Kier alpha value is -1.82. The summed E-state index contributed by atoms with van der Waals surface area (Å²) < 4.78 is 0. The molecule has 0 radical (unpaired) electrons. The van der Waals surface area contributed by atoms with Gasteiger partial charge in [-0.2, -0.15) is 4.99 Å². The number of hydrogen-bond donors (Lipinski definition) is 0. The fourth-order valence-corrected chi connectivity index (χ4v) is 1.36. The van der Waals surface area contributed by atoms with E-state index >= 15 is 0 Å². The normalized spacial score (nSPS) is 8.29. The summed E-state index contributed by atoms with van der Waals surface area (Å²) in [5.74, 6) is 5.78. The number of thiocarbonyl (C=S) groups is 1. The largest absolute Gasteiger partial charge is 0.193 e. The quantitative estimate of drug-likeness (QED) is 0.154. The Kier molecular flexibility index (Phi) is 5.81. The van der Waals surface area contributed by atoms with Crippen molar-refractivity contribution in [2.75, 3.05) is 6.54 Å². The molecule has 0 atom stereocenters. The number of benzene rings is 1. The number of hydrogen-bond acceptors (Lipinski definition) is 3. The molecule has 0 aliphatic rings. The molecule has 0 N–H and O–H groups in total. The van der Waals surface area contributed by atoms with Crippen LogP contribution in [0.2, 0.25) is 5.02 Å². The van der Waals surface area contributed by atoms with Gasteiger partial charge in [0.2, 0.25) is 0 Å². The first-order valence-corrected chi connectivity index (χ1v) is 5.43. The fourth-order valence-electron chi connectivity index (χ4n) is 1.04. The minimum absolute atomic E-state index is 0.366. The predicted molar refractivity (Wildman–Crippen MR) is 71.6 cm³/mol. The predicted octanol–water partition coefficient (Wildman–Crippen LogP) is 4.13. The molecule has 1 rings (SSSR count). The third kappa shape index (κ3) is 4.69. The van der Waals surface area contributed by atoms with Crippen molar-refractivity contribution in [2.24, 2.45) is 10.1 Å². The van der Waals surface area contributed by atoms with E-state index in [1.54, 1.807) is 18.2 Å². The SMILES string of the molecule is [N-]=[N+]=NCCC#Cc1ccc(N=C=S)c(Cl)c1. The molecule has 0 unspecified atom stereocenters. The van der Waals surface area contributed by atoms with Crippen molar-refractivity contribution < 1.29 is 0 Å². The Bertz CT molecular complexity index is 561. The van der Waals surface area contributed by atoms with Crippen molar-refractivity contribution in [3.8, 4) is 11.8 Å². The van der Waals surface area contributed by atoms with Gasteiger partial charge in [0, 0.05) is 23.4 Å².